The van der Waals surface area contributed by atoms with E-state index in [1.54, 1.807) is 18.3 Å². The molecule has 0 saturated heterocycles. The molecule has 100 valence electrons. The van der Waals surface area contributed by atoms with Gasteiger partial charge in [0, 0.05) is 12.7 Å². The van der Waals surface area contributed by atoms with E-state index in [1.807, 2.05) is 6.07 Å². The summed E-state index contributed by atoms with van der Waals surface area (Å²) < 4.78 is 0. The van der Waals surface area contributed by atoms with Crippen LogP contribution in [0.4, 0.5) is 5.69 Å². The minimum Gasteiger partial charge on any atom is -0.481 e. The molecule has 0 atom stereocenters. The largest absolute Gasteiger partial charge is 0.481 e. The lowest BCUT2D eigenvalue weighted by Crippen LogP contribution is -2.39. The van der Waals surface area contributed by atoms with Crippen molar-refractivity contribution in [3.63, 3.8) is 0 Å². The molecule has 2 N–H and O–H groups in total. The van der Waals surface area contributed by atoms with Gasteiger partial charge >= 0.3 is 5.97 Å². The Balaban J connectivity index is 2.11. The van der Waals surface area contributed by atoms with Gasteiger partial charge in [0.1, 0.15) is 6.07 Å². The van der Waals surface area contributed by atoms with Gasteiger partial charge in [-0.15, -0.1) is 0 Å². The highest BCUT2D eigenvalue weighted by atomic mass is 16.4. The van der Waals surface area contributed by atoms with Crippen LogP contribution in [-0.2, 0) is 4.79 Å². The number of nitriles is 1. The van der Waals surface area contributed by atoms with Crippen molar-refractivity contribution >= 4 is 11.7 Å². The predicted molar refractivity (Wildman–Crippen MR) is 70.6 cm³/mol. The van der Waals surface area contributed by atoms with E-state index in [2.05, 4.69) is 10.3 Å². The van der Waals surface area contributed by atoms with Crippen LogP contribution in [0.3, 0.4) is 0 Å². The normalized spacial score (nSPS) is 17.4. The third-order valence-electron chi connectivity index (χ3n) is 3.80. The summed E-state index contributed by atoms with van der Waals surface area (Å²) in [5, 5.41) is 21.5. The second-order valence-electron chi connectivity index (χ2n) is 5.01. The van der Waals surface area contributed by atoms with Crippen LogP contribution >= 0.6 is 0 Å². The second-order valence-corrected chi connectivity index (χ2v) is 5.01. The van der Waals surface area contributed by atoms with Crippen molar-refractivity contribution in [1.29, 1.82) is 5.26 Å². The zero-order valence-corrected chi connectivity index (χ0v) is 10.7. The second kappa shape index (κ2) is 5.70. The first-order chi connectivity index (χ1) is 9.18. The number of rotatable bonds is 4. The zero-order valence-electron chi connectivity index (χ0n) is 10.7. The summed E-state index contributed by atoms with van der Waals surface area (Å²) in [5.41, 5.74) is 0.205. The molecule has 1 fully saturated rings. The Hall–Kier alpha value is -2.09. The van der Waals surface area contributed by atoms with Gasteiger partial charge in [0.25, 0.3) is 0 Å². The quantitative estimate of drug-likeness (QED) is 0.867. The van der Waals surface area contributed by atoms with E-state index >= 15 is 0 Å². The summed E-state index contributed by atoms with van der Waals surface area (Å²) in [4.78, 5) is 15.5. The number of carbonyl (C=O) groups is 1. The molecule has 1 saturated carbocycles. The van der Waals surface area contributed by atoms with Crippen LogP contribution in [0.5, 0.6) is 0 Å². The fourth-order valence-corrected chi connectivity index (χ4v) is 2.60. The van der Waals surface area contributed by atoms with E-state index in [-0.39, 0.29) is 0 Å². The fraction of sp³-hybridized carbons (Fsp3) is 0.500. The lowest BCUT2D eigenvalue weighted by Gasteiger charge is -2.33. The number of nitrogens with zero attached hydrogens (tertiary/aromatic N) is 2. The van der Waals surface area contributed by atoms with Crippen molar-refractivity contribution in [2.45, 2.75) is 32.1 Å². The summed E-state index contributed by atoms with van der Waals surface area (Å²) in [6.07, 6.45) is 5.94. The molecule has 1 heterocycles. The molecule has 0 unspecified atom stereocenters. The lowest BCUT2D eigenvalue weighted by molar-refractivity contribution is -0.150. The molecule has 0 aromatic carbocycles. The highest BCUT2D eigenvalue weighted by Gasteiger charge is 2.39. The maximum atomic E-state index is 11.5. The molecule has 0 radical (unpaired) electrons. The summed E-state index contributed by atoms with van der Waals surface area (Å²) in [7, 11) is 0. The first-order valence-corrected chi connectivity index (χ1v) is 6.50. The zero-order chi connectivity index (χ0) is 13.7. The summed E-state index contributed by atoms with van der Waals surface area (Å²) in [6, 6.07) is 5.49. The van der Waals surface area contributed by atoms with Crippen molar-refractivity contribution in [2.24, 2.45) is 5.41 Å². The standard InChI is InChI=1S/C14H17N3O2/c15-9-12-11(5-4-8-16-12)17-10-14(13(18)19)6-2-1-3-7-14/h4-5,8,17H,1-3,6-7,10H2,(H,18,19). The number of hydrogen-bond acceptors (Lipinski definition) is 4. The summed E-state index contributed by atoms with van der Waals surface area (Å²) in [5.74, 6) is -0.748. The molecule has 1 aliphatic rings. The van der Waals surface area contributed by atoms with Gasteiger partial charge in [-0.1, -0.05) is 19.3 Å². The molecule has 5 heteroatoms. The van der Waals surface area contributed by atoms with Crippen molar-refractivity contribution < 1.29 is 9.90 Å². The number of carboxylic acid groups (broad SMARTS) is 1. The number of anilines is 1. The molecule has 0 aliphatic heterocycles. The van der Waals surface area contributed by atoms with Crippen LogP contribution < -0.4 is 5.32 Å². The van der Waals surface area contributed by atoms with E-state index in [0.717, 1.165) is 19.3 Å². The van der Waals surface area contributed by atoms with Crippen LogP contribution in [0, 0.1) is 16.7 Å². The topological polar surface area (TPSA) is 86.0 Å². The molecule has 0 spiro atoms. The van der Waals surface area contributed by atoms with Crippen LogP contribution in [0.2, 0.25) is 0 Å². The van der Waals surface area contributed by atoms with E-state index in [4.69, 9.17) is 5.26 Å². The molecule has 19 heavy (non-hydrogen) atoms. The van der Waals surface area contributed by atoms with Crippen molar-refractivity contribution in [3.8, 4) is 6.07 Å². The van der Waals surface area contributed by atoms with E-state index in [1.165, 1.54) is 0 Å². The number of pyridine rings is 1. The van der Waals surface area contributed by atoms with E-state index in [0.29, 0.717) is 30.8 Å². The summed E-state index contributed by atoms with van der Waals surface area (Å²) in [6.45, 7) is 0.350. The molecule has 1 aromatic heterocycles. The van der Waals surface area contributed by atoms with Gasteiger partial charge in [0.2, 0.25) is 0 Å². The number of aromatic nitrogens is 1. The molecule has 0 bridgehead atoms. The fourth-order valence-electron chi connectivity index (χ4n) is 2.60. The minimum absolute atomic E-state index is 0.304. The molecule has 2 rings (SSSR count). The average Bonchev–Trinajstić information content (AvgIpc) is 2.46. The van der Waals surface area contributed by atoms with Gasteiger partial charge in [0.15, 0.2) is 5.69 Å². The van der Waals surface area contributed by atoms with Gasteiger partial charge in [-0.3, -0.25) is 4.79 Å². The van der Waals surface area contributed by atoms with Crippen molar-refractivity contribution in [3.05, 3.63) is 24.0 Å². The number of nitrogens with one attached hydrogen (secondary N) is 1. The molecular formula is C14H17N3O2. The number of aliphatic carboxylic acids is 1. The van der Waals surface area contributed by atoms with Crippen molar-refractivity contribution in [1.82, 2.24) is 4.98 Å². The average molecular weight is 259 g/mol. The van der Waals surface area contributed by atoms with Crippen LogP contribution in [-0.4, -0.2) is 22.6 Å². The lowest BCUT2D eigenvalue weighted by atomic mass is 9.74. The predicted octanol–water partition coefficient (Wildman–Crippen LogP) is 2.40. The Morgan fingerprint density at radius 3 is 2.84 bits per heavy atom. The Labute approximate surface area is 112 Å². The Kier molecular flexibility index (Phi) is 4.00. The monoisotopic (exact) mass is 259 g/mol. The first-order valence-electron chi connectivity index (χ1n) is 6.50. The van der Waals surface area contributed by atoms with E-state index in [9.17, 15) is 9.90 Å². The highest BCUT2D eigenvalue weighted by Crippen LogP contribution is 2.36. The molecular weight excluding hydrogens is 242 g/mol. The third-order valence-corrected chi connectivity index (χ3v) is 3.80. The maximum absolute atomic E-state index is 11.5. The minimum atomic E-state index is -0.748. The van der Waals surface area contributed by atoms with Crippen LogP contribution in [0.25, 0.3) is 0 Å². The third kappa shape index (κ3) is 2.84. The molecule has 5 nitrogen and oxygen atoms in total. The first kappa shape index (κ1) is 13.3. The van der Waals surface area contributed by atoms with E-state index < -0.39 is 11.4 Å². The van der Waals surface area contributed by atoms with Gasteiger partial charge in [-0.05, 0) is 25.0 Å². The molecule has 0 amide bonds. The molecule has 1 aromatic rings. The van der Waals surface area contributed by atoms with Crippen LogP contribution in [0.15, 0.2) is 18.3 Å². The van der Waals surface area contributed by atoms with Crippen molar-refractivity contribution in [2.75, 3.05) is 11.9 Å². The highest BCUT2D eigenvalue weighted by molar-refractivity contribution is 5.75. The van der Waals surface area contributed by atoms with Gasteiger partial charge in [-0.2, -0.15) is 5.26 Å². The van der Waals surface area contributed by atoms with Crippen LogP contribution in [0.1, 0.15) is 37.8 Å². The Morgan fingerprint density at radius 1 is 1.47 bits per heavy atom. The number of carboxylic acids is 1. The van der Waals surface area contributed by atoms with Gasteiger partial charge in [0.05, 0.1) is 11.1 Å². The molecule has 1 aliphatic carbocycles. The smallest absolute Gasteiger partial charge is 0.311 e. The van der Waals surface area contributed by atoms with Gasteiger partial charge < -0.3 is 10.4 Å². The maximum Gasteiger partial charge on any atom is 0.311 e. The number of hydrogen-bond donors (Lipinski definition) is 2. The summed E-state index contributed by atoms with van der Waals surface area (Å²) >= 11 is 0. The SMILES string of the molecule is N#Cc1ncccc1NCC1(C(=O)O)CCCCC1. The Morgan fingerprint density at radius 2 is 2.21 bits per heavy atom. The Bertz CT molecular complexity index is 502. The van der Waals surface area contributed by atoms with Gasteiger partial charge in [-0.25, -0.2) is 4.98 Å².